The zero-order chi connectivity index (χ0) is 11.9. The summed E-state index contributed by atoms with van der Waals surface area (Å²) in [5, 5.41) is 17.3. The van der Waals surface area contributed by atoms with Crippen molar-refractivity contribution >= 4 is 0 Å². The molecule has 1 atom stereocenters. The summed E-state index contributed by atoms with van der Waals surface area (Å²) in [6, 6.07) is 0.441. The van der Waals surface area contributed by atoms with Crippen molar-refractivity contribution in [1.82, 2.24) is 15.1 Å². The molecular formula is C13H21N3O. The molecule has 17 heavy (non-hydrogen) atoms. The summed E-state index contributed by atoms with van der Waals surface area (Å²) in [5.41, 5.74) is 2.94. The molecule has 0 saturated heterocycles. The van der Waals surface area contributed by atoms with Gasteiger partial charge in [-0.3, -0.25) is 4.68 Å². The van der Waals surface area contributed by atoms with E-state index in [-0.39, 0.29) is 5.41 Å². The molecule has 0 bridgehead atoms. The molecular weight excluding hydrogens is 214 g/mol. The highest BCUT2D eigenvalue weighted by Crippen LogP contribution is 2.45. The van der Waals surface area contributed by atoms with Gasteiger partial charge in [0, 0.05) is 42.9 Å². The number of hydrogen-bond acceptors (Lipinski definition) is 3. The molecule has 0 radical (unpaired) electrons. The van der Waals surface area contributed by atoms with E-state index in [9.17, 15) is 5.11 Å². The summed E-state index contributed by atoms with van der Waals surface area (Å²) in [5.74, 6) is 0. The van der Waals surface area contributed by atoms with Crippen LogP contribution in [0.4, 0.5) is 0 Å². The molecule has 1 heterocycles. The Morgan fingerprint density at radius 3 is 3.12 bits per heavy atom. The smallest absolute Gasteiger partial charge is 0.0540 e. The molecule has 1 saturated carbocycles. The van der Waals surface area contributed by atoms with Gasteiger partial charge in [-0.05, 0) is 32.1 Å². The zero-order valence-electron chi connectivity index (χ0n) is 10.4. The first-order chi connectivity index (χ1) is 8.24. The molecule has 2 aliphatic rings. The van der Waals surface area contributed by atoms with Crippen LogP contribution < -0.4 is 5.32 Å². The summed E-state index contributed by atoms with van der Waals surface area (Å²) in [7, 11) is 2.03. The fourth-order valence-corrected chi connectivity index (χ4v) is 2.83. The van der Waals surface area contributed by atoms with Crippen LogP contribution >= 0.6 is 0 Å². The topological polar surface area (TPSA) is 50.1 Å². The maximum Gasteiger partial charge on any atom is 0.0540 e. The van der Waals surface area contributed by atoms with Crippen LogP contribution in [0.15, 0.2) is 6.20 Å². The van der Waals surface area contributed by atoms with E-state index in [2.05, 4.69) is 10.4 Å². The second-order valence-corrected chi connectivity index (χ2v) is 5.65. The van der Waals surface area contributed by atoms with E-state index in [1.54, 1.807) is 0 Å². The molecule has 3 rings (SSSR count). The van der Waals surface area contributed by atoms with Gasteiger partial charge in [-0.1, -0.05) is 0 Å². The van der Waals surface area contributed by atoms with Crippen LogP contribution in [0.2, 0.25) is 0 Å². The standard InChI is InChI=1S/C13H21N3O/c1-16-12-4-2-3-11(10(12)7-15-16)14-8-13(9-17)5-6-13/h7,11,14,17H,2-6,8-9H2,1H3. The molecule has 0 amide bonds. The van der Waals surface area contributed by atoms with Crippen LogP contribution in [-0.4, -0.2) is 28.0 Å². The van der Waals surface area contributed by atoms with Crippen molar-refractivity contribution in [3.8, 4) is 0 Å². The van der Waals surface area contributed by atoms with Crippen molar-refractivity contribution < 1.29 is 5.11 Å². The van der Waals surface area contributed by atoms with Gasteiger partial charge in [0.2, 0.25) is 0 Å². The third kappa shape index (κ3) is 2.00. The average Bonchev–Trinajstić information content (AvgIpc) is 3.05. The summed E-state index contributed by atoms with van der Waals surface area (Å²) in [6.45, 7) is 1.27. The van der Waals surface area contributed by atoms with E-state index < -0.39 is 0 Å². The molecule has 2 N–H and O–H groups in total. The maximum atomic E-state index is 9.33. The lowest BCUT2D eigenvalue weighted by Crippen LogP contribution is -2.32. The van der Waals surface area contributed by atoms with E-state index in [1.807, 2.05) is 17.9 Å². The third-order valence-electron chi connectivity index (χ3n) is 4.39. The Kier molecular flexibility index (Phi) is 2.71. The van der Waals surface area contributed by atoms with Crippen molar-refractivity contribution in [3.63, 3.8) is 0 Å². The third-order valence-corrected chi connectivity index (χ3v) is 4.39. The molecule has 4 nitrogen and oxygen atoms in total. The number of rotatable bonds is 4. The number of aliphatic hydroxyl groups is 1. The average molecular weight is 235 g/mol. The second kappa shape index (κ2) is 4.10. The molecule has 2 aliphatic carbocycles. The summed E-state index contributed by atoms with van der Waals surface area (Å²) in [4.78, 5) is 0. The molecule has 1 aromatic rings. The first-order valence-electron chi connectivity index (χ1n) is 6.59. The van der Waals surface area contributed by atoms with Crippen molar-refractivity contribution in [2.45, 2.75) is 38.1 Å². The van der Waals surface area contributed by atoms with Crippen molar-refractivity contribution in [1.29, 1.82) is 0 Å². The van der Waals surface area contributed by atoms with E-state index in [4.69, 9.17) is 0 Å². The predicted molar refractivity (Wildman–Crippen MR) is 65.6 cm³/mol. The summed E-state index contributed by atoms with van der Waals surface area (Å²) >= 11 is 0. The molecule has 0 spiro atoms. The van der Waals surface area contributed by atoms with Crippen LogP contribution in [0.1, 0.15) is 43.0 Å². The predicted octanol–water partition coefficient (Wildman–Crippen LogP) is 1.16. The van der Waals surface area contributed by atoms with Crippen molar-refractivity contribution in [2.24, 2.45) is 12.5 Å². The maximum absolute atomic E-state index is 9.33. The molecule has 1 aromatic heterocycles. The first-order valence-corrected chi connectivity index (χ1v) is 6.59. The number of nitrogens with one attached hydrogen (secondary N) is 1. The lowest BCUT2D eigenvalue weighted by atomic mass is 9.92. The van der Waals surface area contributed by atoms with Gasteiger partial charge in [-0.15, -0.1) is 0 Å². The number of aliphatic hydroxyl groups excluding tert-OH is 1. The minimum atomic E-state index is 0.194. The molecule has 4 heteroatoms. The molecule has 1 fully saturated rings. The molecule has 0 aromatic carbocycles. The Labute approximate surface area is 102 Å². The van der Waals surface area contributed by atoms with Gasteiger partial charge in [0.25, 0.3) is 0 Å². The fraction of sp³-hybridized carbons (Fsp3) is 0.769. The van der Waals surface area contributed by atoms with Crippen LogP contribution in [0.5, 0.6) is 0 Å². The zero-order valence-corrected chi connectivity index (χ0v) is 10.4. The number of aryl methyl sites for hydroxylation is 1. The van der Waals surface area contributed by atoms with Gasteiger partial charge in [-0.2, -0.15) is 5.10 Å². The Balaban J connectivity index is 1.68. The summed E-state index contributed by atoms with van der Waals surface area (Å²) < 4.78 is 2.00. The van der Waals surface area contributed by atoms with E-state index >= 15 is 0 Å². The Morgan fingerprint density at radius 1 is 1.59 bits per heavy atom. The monoisotopic (exact) mass is 235 g/mol. The van der Waals surface area contributed by atoms with Crippen molar-refractivity contribution in [3.05, 3.63) is 17.5 Å². The van der Waals surface area contributed by atoms with Crippen LogP contribution in [-0.2, 0) is 13.5 Å². The normalized spacial score (nSPS) is 25.6. The van der Waals surface area contributed by atoms with E-state index in [0.717, 1.165) is 13.0 Å². The first kappa shape index (κ1) is 11.2. The fourth-order valence-electron chi connectivity index (χ4n) is 2.83. The lowest BCUT2D eigenvalue weighted by Gasteiger charge is -2.25. The number of aromatic nitrogens is 2. The largest absolute Gasteiger partial charge is 0.396 e. The van der Waals surface area contributed by atoms with Gasteiger partial charge < -0.3 is 10.4 Å². The molecule has 0 aliphatic heterocycles. The Bertz CT molecular complexity index is 409. The SMILES string of the molecule is Cn1ncc2c1CCCC2NCC1(CO)CC1. The minimum absolute atomic E-state index is 0.194. The highest BCUT2D eigenvalue weighted by molar-refractivity contribution is 5.24. The number of hydrogen-bond donors (Lipinski definition) is 2. The van der Waals surface area contributed by atoms with Gasteiger partial charge in [0.05, 0.1) is 6.20 Å². The van der Waals surface area contributed by atoms with E-state index in [0.29, 0.717) is 12.6 Å². The van der Waals surface area contributed by atoms with Gasteiger partial charge in [-0.25, -0.2) is 0 Å². The highest BCUT2D eigenvalue weighted by atomic mass is 16.3. The number of fused-ring (bicyclic) bond motifs is 1. The quantitative estimate of drug-likeness (QED) is 0.823. The Morgan fingerprint density at radius 2 is 2.41 bits per heavy atom. The molecule has 94 valence electrons. The second-order valence-electron chi connectivity index (χ2n) is 5.65. The lowest BCUT2D eigenvalue weighted by molar-refractivity contribution is 0.202. The minimum Gasteiger partial charge on any atom is -0.396 e. The van der Waals surface area contributed by atoms with Gasteiger partial charge in [0.1, 0.15) is 0 Å². The van der Waals surface area contributed by atoms with Gasteiger partial charge in [0.15, 0.2) is 0 Å². The molecule has 1 unspecified atom stereocenters. The highest BCUT2D eigenvalue weighted by Gasteiger charge is 2.42. The van der Waals surface area contributed by atoms with Crippen molar-refractivity contribution in [2.75, 3.05) is 13.2 Å². The number of nitrogens with zero attached hydrogens (tertiary/aromatic N) is 2. The van der Waals surface area contributed by atoms with Crippen LogP contribution in [0.3, 0.4) is 0 Å². The van der Waals surface area contributed by atoms with Gasteiger partial charge >= 0.3 is 0 Å². The Hall–Kier alpha value is -0.870. The van der Waals surface area contributed by atoms with E-state index in [1.165, 1.54) is 36.9 Å². The van der Waals surface area contributed by atoms with Crippen LogP contribution in [0.25, 0.3) is 0 Å². The van der Waals surface area contributed by atoms with Crippen LogP contribution in [0, 0.1) is 5.41 Å². The summed E-state index contributed by atoms with van der Waals surface area (Å²) in [6.07, 6.45) is 7.92.